The van der Waals surface area contributed by atoms with Crippen molar-refractivity contribution in [3.63, 3.8) is 0 Å². The van der Waals surface area contributed by atoms with E-state index < -0.39 is 17.8 Å². The quantitative estimate of drug-likeness (QED) is 0.649. The van der Waals surface area contributed by atoms with E-state index in [2.05, 4.69) is 31.2 Å². The van der Waals surface area contributed by atoms with Gasteiger partial charge in [0.2, 0.25) is 5.88 Å². The monoisotopic (exact) mass is 398 g/mol. The molecule has 0 unspecified atom stereocenters. The molecular formula is C15H10BrF3N4O. The van der Waals surface area contributed by atoms with Gasteiger partial charge in [0.15, 0.2) is 0 Å². The zero-order valence-electron chi connectivity index (χ0n) is 12.0. The molecule has 9 heteroatoms. The summed E-state index contributed by atoms with van der Waals surface area (Å²) < 4.78 is 46.4. The van der Waals surface area contributed by atoms with Gasteiger partial charge in [0, 0.05) is 16.7 Å². The molecule has 0 bridgehead atoms. The Morgan fingerprint density at radius 1 is 1.21 bits per heavy atom. The Bertz CT molecular complexity index is 856. The highest BCUT2D eigenvalue weighted by atomic mass is 79.9. The minimum atomic E-state index is -2.90. The lowest BCUT2D eigenvalue weighted by Gasteiger charge is -2.05. The summed E-state index contributed by atoms with van der Waals surface area (Å²) in [7, 11) is 0. The molecule has 3 rings (SSSR count). The maximum Gasteiger partial charge on any atom is 0.266 e. The van der Waals surface area contributed by atoms with Crippen LogP contribution >= 0.6 is 15.9 Å². The van der Waals surface area contributed by atoms with Crippen molar-refractivity contribution >= 4 is 15.9 Å². The molecule has 0 radical (unpaired) electrons. The zero-order valence-corrected chi connectivity index (χ0v) is 13.6. The SMILES string of the molecule is Fc1ccc(-n2cc(COc3cc(Br)ccn3)nn2)cc1C(F)F. The zero-order chi connectivity index (χ0) is 17.1. The first kappa shape index (κ1) is 16.4. The number of hydrogen-bond acceptors (Lipinski definition) is 4. The van der Waals surface area contributed by atoms with E-state index in [1.54, 1.807) is 18.3 Å². The Hall–Kier alpha value is -2.42. The van der Waals surface area contributed by atoms with Gasteiger partial charge in [-0.25, -0.2) is 22.8 Å². The van der Waals surface area contributed by atoms with Crippen molar-refractivity contribution < 1.29 is 17.9 Å². The van der Waals surface area contributed by atoms with Crippen LogP contribution in [0.2, 0.25) is 0 Å². The predicted octanol–water partition coefficient (Wildman–Crippen LogP) is 4.08. The van der Waals surface area contributed by atoms with Gasteiger partial charge in [-0.05, 0) is 24.3 Å². The maximum atomic E-state index is 13.3. The molecule has 2 aromatic heterocycles. The summed E-state index contributed by atoms with van der Waals surface area (Å²) >= 11 is 3.30. The molecule has 0 amide bonds. The lowest BCUT2D eigenvalue weighted by molar-refractivity contribution is 0.146. The Morgan fingerprint density at radius 3 is 2.79 bits per heavy atom. The number of rotatable bonds is 5. The fourth-order valence-electron chi connectivity index (χ4n) is 1.94. The molecule has 2 heterocycles. The maximum absolute atomic E-state index is 13.3. The van der Waals surface area contributed by atoms with Crippen molar-refractivity contribution in [2.45, 2.75) is 13.0 Å². The van der Waals surface area contributed by atoms with Crippen molar-refractivity contribution in [2.75, 3.05) is 0 Å². The molecule has 0 N–H and O–H groups in total. The first-order valence-corrected chi connectivity index (χ1v) is 7.56. The highest BCUT2D eigenvalue weighted by Gasteiger charge is 2.15. The third kappa shape index (κ3) is 3.73. The molecule has 5 nitrogen and oxygen atoms in total. The molecule has 0 spiro atoms. The summed E-state index contributed by atoms with van der Waals surface area (Å²) in [6.07, 6.45) is 0.195. The van der Waals surface area contributed by atoms with Crippen molar-refractivity contribution in [3.05, 3.63) is 64.3 Å². The third-order valence-electron chi connectivity index (χ3n) is 3.08. The van der Waals surface area contributed by atoms with Gasteiger partial charge >= 0.3 is 0 Å². The summed E-state index contributed by atoms with van der Waals surface area (Å²) in [5, 5.41) is 7.73. The van der Waals surface area contributed by atoms with Crippen LogP contribution in [0.25, 0.3) is 5.69 Å². The number of pyridine rings is 1. The Kier molecular flexibility index (Phi) is 4.79. The first-order valence-electron chi connectivity index (χ1n) is 6.76. The molecule has 1 aromatic carbocycles. The highest BCUT2D eigenvalue weighted by Crippen LogP contribution is 2.24. The van der Waals surface area contributed by atoms with E-state index in [0.717, 1.165) is 16.6 Å². The van der Waals surface area contributed by atoms with Gasteiger partial charge in [-0.3, -0.25) is 0 Å². The van der Waals surface area contributed by atoms with E-state index in [9.17, 15) is 13.2 Å². The first-order chi connectivity index (χ1) is 11.5. The van der Waals surface area contributed by atoms with E-state index in [0.29, 0.717) is 11.6 Å². The average Bonchev–Trinajstić information content (AvgIpc) is 3.02. The van der Waals surface area contributed by atoms with E-state index in [1.807, 2.05) is 0 Å². The summed E-state index contributed by atoms with van der Waals surface area (Å²) in [5.41, 5.74) is 0.0739. The van der Waals surface area contributed by atoms with Gasteiger partial charge in [0.05, 0.1) is 17.4 Å². The topological polar surface area (TPSA) is 52.8 Å². The summed E-state index contributed by atoms with van der Waals surface area (Å²) in [5.74, 6) is -0.557. The number of aromatic nitrogens is 4. The predicted molar refractivity (Wildman–Crippen MR) is 82.5 cm³/mol. The molecule has 0 saturated carbocycles. The second kappa shape index (κ2) is 7.00. The summed E-state index contributed by atoms with van der Waals surface area (Å²) in [6, 6.07) is 6.81. The minimum Gasteiger partial charge on any atom is -0.471 e. The molecule has 0 aliphatic carbocycles. The molecule has 0 aliphatic rings. The average molecular weight is 399 g/mol. The number of hydrogen-bond donors (Lipinski definition) is 0. The van der Waals surface area contributed by atoms with Gasteiger partial charge in [0.25, 0.3) is 6.43 Å². The Balaban J connectivity index is 1.75. The normalized spacial score (nSPS) is 11.0. The van der Waals surface area contributed by atoms with Crippen LogP contribution in [-0.2, 0) is 6.61 Å². The van der Waals surface area contributed by atoms with E-state index in [-0.39, 0.29) is 12.3 Å². The number of ether oxygens (including phenoxy) is 1. The van der Waals surface area contributed by atoms with Gasteiger partial charge in [-0.2, -0.15) is 0 Å². The van der Waals surface area contributed by atoms with Gasteiger partial charge < -0.3 is 4.74 Å². The third-order valence-corrected chi connectivity index (χ3v) is 3.58. The van der Waals surface area contributed by atoms with Crippen LogP contribution < -0.4 is 4.74 Å². The Morgan fingerprint density at radius 2 is 2.04 bits per heavy atom. The van der Waals surface area contributed by atoms with Crippen LogP contribution in [0.5, 0.6) is 5.88 Å². The Labute approximate surface area is 143 Å². The van der Waals surface area contributed by atoms with Crippen molar-refractivity contribution in [3.8, 4) is 11.6 Å². The second-order valence-corrected chi connectivity index (χ2v) is 5.68. The lowest BCUT2D eigenvalue weighted by atomic mass is 10.2. The lowest BCUT2D eigenvalue weighted by Crippen LogP contribution is -1.99. The summed E-state index contributed by atoms with van der Waals surface area (Å²) in [6.45, 7) is 0.104. The molecule has 24 heavy (non-hydrogen) atoms. The van der Waals surface area contributed by atoms with Gasteiger partial charge in [-0.1, -0.05) is 21.1 Å². The van der Waals surface area contributed by atoms with Crippen LogP contribution in [0.15, 0.2) is 47.2 Å². The minimum absolute atomic E-state index is 0.104. The van der Waals surface area contributed by atoms with Crippen molar-refractivity contribution in [2.24, 2.45) is 0 Å². The number of halogens is 4. The van der Waals surface area contributed by atoms with Crippen LogP contribution in [0.4, 0.5) is 13.2 Å². The molecule has 0 saturated heterocycles. The summed E-state index contributed by atoms with van der Waals surface area (Å²) in [4.78, 5) is 4.03. The smallest absolute Gasteiger partial charge is 0.266 e. The van der Waals surface area contributed by atoms with Crippen LogP contribution in [0.1, 0.15) is 17.7 Å². The van der Waals surface area contributed by atoms with Crippen molar-refractivity contribution in [1.29, 1.82) is 0 Å². The van der Waals surface area contributed by atoms with E-state index in [1.165, 1.54) is 16.9 Å². The van der Waals surface area contributed by atoms with E-state index >= 15 is 0 Å². The molecule has 0 atom stereocenters. The van der Waals surface area contributed by atoms with Gasteiger partial charge in [0.1, 0.15) is 18.1 Å². The number of benzene rings is 1. The molecular weight excluding hydrogens is 389 g/mol. The number of nitrogens with zero attached hydrogens (tertiary/aromatic N) is 4. The van der Waals surface area contributed by atoms with E-state index in [4.69, 9.17) is 4.74 Å². The van der Waals surface area contributed by atoms with Crippen LogP contribution in [0, 0.1) is 5.82 Å². The van der Waals surface area contributed by atoms with Gasteiger partial charge in [-0.15, -0.1) is 5.10 Å². The van der Waals surface area contributed by atoms with Crippen LogP contribution in [-0.4, -0.2) is 20.0 Å². The fraction of sp³-hybridized carbons (Fsp3) is 0.133. The second-order valence-electron chi connectivity index (χ2n) is 4.76. The van der Waals surface area contributed by atoms with Crippen LogP contribution in [0.3, 0.4) is 0 Å². The van der Waals surface area contributed by atoms with Crippen molar-refractivity contribution in [1.82, 2.24) is 20.0 Å². The number of alkyl halides is 2. The highest BCUT2D eigenvalue weighted by molar-refractivity contribution is 9.10. The molecule has 3 aromatic rings. The fourth-order valence-corrected chi connectivity index (χ4v) is 2.26. The molecule has 0 fully saturated rings. The largest absolute Gasteiger partial charge is 0.471 e. The standard InChI is InChI=1S/C15H10BrF3N4O/c16-9-3-4-20-14(5-9)24-8-10-7-23(22-21-10)11-1-2-13(17)12(6-11)15(18)19/h1-7,15H,8H2. The molecule has 0 aliphatic heterocycles. The molecule has 124 valence electrons.